The van der Waals surface area contributed by atoms with Gasteiger partial charge in [-0.3, -0.25) is 4.98 Å². The van der Waals surface area contributed by atoms with Crippen molar-refractivity contribution in [3.63, 3.8) is 0 Å². The van der Waals surface area contributed by atoms with Gasteiger partial charge in [0.05, 0.1) is 27.7 Å². The predicted molar refractivity (Wildman–Crippen MR) is 163 cm³/mol. The van der Waals surface area contributed by atoms with Crippen LogP contribution in [0.5, 0.6) is 5.75 Å². The zero-order valence-corrected chi connectivity index (χ0v) is 25.5. The average molecular weight is 659 g/mol. The SMILES string of the molecule is O=C(O)c1cc(C(F)(F)F)c2cc(OCC34CCC(/C=C/c5c(-c6c(Cl)cncc6Cl)noc5C5CC5)(CC3)CC4)ccc2n1. The number of carboxylic acid groups (broad SMARTS) is 1. The molecular formula is C33H28Cl2F3N3O4. The standard InChI is InChI=1S/C33H28Cl2F3N3O4/c34-23-15-39-16-24(35)27(23)28-20(29(45-41-28)18-1-2-18)5-6-31-7-10-32(11-8-31,12-9-31)17-44-19-3-4-25-21(13-19)22(33(36,37)38)14-26(40-25)30(42)43/h3-6,13-16,18H,1-2,7-12,17H2,(H,42,43)/b6-5+. The number of alkyl halides is 3. The lowest BCUT2D eigenvalue weighted by Gasteiger charge is -2.52. The molecule has 0 amide bonds. The van der Waals surface area contributed by atoms with Crippen molar-refractivity contribution in [2.75, 3.05) is 6.61 Å². The first-order valence-corrected chi connectivity index (χ1v) is 15.6. The second-order valence-corrected chi connectivity index (χ2v) is 13.4. The summed E-state index contributed by atoms with van der Waals surface area (Å²) in [4.78, 5) is 19.3. The molecule has 2 bridgehead atoms. The number of pyridine rings is 2. The molecule has 12 heteroatoms. The third-order valence-electron chi connectivity index (χ3n) is 9.71. The molecule has 3 aromatic heterocycles. The molecule has 234 valence electrons. The highest BCUT2D eigenvalue weighted by Gasteiger charge is 2.48. The first-order chi connectivity index (χ1) is 21.5. The van der Waals surface area contributed by atoms with E-state index in [4.69, 9.17) is 32.5 Å². The van der Waals surface area contributed by atoms with E-state index in [0.717, 1.165) is 62.7 Å². The minimum Gasteiger partial charge on any atom is -0.493 e. The largest absolute Gasteiger partial charge is 0.493 e. The molecule has 0 spiro atoms. The van der Waals surface area contributed by atoms with Gasteiger partial charge in [0.15, 0.2) is 0 Å². The average Bonchev–Trinajstić information content (AvgIpc) is 3.78. The van der Waals surface area contributed by atoms with E-state index in [0.29, 0.717) is 45.6 Å². The van der Waals surface area contributed by atoms with Crippen LogP contribution in [0.2, 0.25) is 10.0 Å². The van der Waals surface area contributed by atoms with Crippen LogP contribution in [-0.2, 0) is 6.18 Å². The van der Waals surface area contributed by atoms with Gasteiger partial charge in [0.1, 0.15) is 22.9 Å². The summed E-state index contributed by atoms with van der Waals surface area (Å²) in [5.74, 6) is -0.0253. The number of rotatable bonds is 8. The Morgan fingerprint density at radius 2 is 1.76 bits per heavy atom. The molecule has 45 heavy (non-hydrogen) atoms. The van der Waals surface area contributed by atoms with E-state index >= 15 is 0 Å². The lowest BCUT2D eigenvalue weighted by molar-refractivity contribution is -0.136. The Morgan fingerprint density at radius 1 is 1.07 bits per heavy atom. The van der Waals surface area contributed by atoms with Crippen LogP contribution in [0.25, 0.3) is 28.2 Å². The van der Waals surface area contributed by atoms with Crippen LogP contribution in [0.1, 0.15) is 84.7 Å². The molecule has 0 atom stereocenters. The molecule has 4 aliphatic rings. The van der Waals surface area contributed by atoms with Crippen molar-refractivity contribution in [1.29, 1.82) is 0 Å². The summed E-state index contributed by atoms with van der Waals surface area (Å²) in [6.07, 6.45) is 10.5. The van der Waals surface area contributed by atoms with Gasteiger partial charge in [0.2, 0.25) is 0 Å². The molecule has 3 heterocycles. The van der Waals surface area contributed by atoms with E-state index in [2.05, 4.69) is 27.3 Å². The Bertz CT molecular complexity index is 1810. The maximum atomic E-state index is 13.8. The molecule has 1 N–H and O–H groups in total. The number of halogens is 5. The molecule has 1 aromatic carbocycles. The van der Waals surface area contributed by atoms with Crippen molar-refractivity contribution in [1.82, 2.24) is 15.1 Å². The number of hydrogen-bond acceptors (Lipinski definition) is 6. The minimum absolute atomic E-state index is 0.0149. The number of fused-ring (bicyclic) bond motifs is 4. The van der Waals surface area contributed by atoms with E-state index in [1.165, 1.54) is 12.1 Å². The molecule has 7 nitrogen and oxygen atoms in total. The highest BCUT2D eigenvalue weighted by Crippen LogP contribution is 2.58. The van der Waals surface area contributed by atoms with E-state index in [9.17, 15) is 23.1 Å². The quantitative estimate of drug-likeness (QED) is 0.201. The maximum Gasteiger partial charge on any atom is 0.417 e. The van der Waals surface area contributed by atoms with E-state index < -0.39 is 23.4 Å². The van der Waals surface area contributed by atoms with Crippen LogP contribution in [0.15, 0.2) is 47.3 Å². The number of nitrogens with zero attached hydrogens (tertiary/aromatic N) is 3. The Hall–Kier alpha value is -3.63. The molecule has 4 saturated carbocycles. The third kappa shape index (κ3) is 5.67. The number of aromatic carboxylic acids is 1. The number of carboxylic acids is 1. The lowest BCUT2D eigenvalue weighted by Crippen LogP contribution is -2.43. The monoisotopic (exact) mass is 657 g/mol. The number of aromatic nitrogens is 3. The van der Waals surface area contributed by atoms with Gasteiger partial charge in [-0.1, -0.05) is 40.5 Å². The van der Waals surface area contributed by atoms with Crippen LogP contribution in [0.4, 0.5) is 13.2 Å². The molecule has 0 radical (unpaired) electrons. The van der Waals surface area contributed by atoms with Crippen molar-refractivity contribution in [3.05, 3.63) is 75.4 Å². The number of benzene rings is 1. The maximum absolute atomic E-state index is 13.8. The summed E-state index contributed by atoms with van der Waals surface area (Å²) >= 11 is 12.9. The Kier molecular flexibility index (Phi) is 7.35. The number of hydrogen-bond donors (Lipinski definition) is 1. The van der Waals surface area contributed by atoms with Crippen molar-refractivity contribution < 1.29 is 32.3 Å². The highest BCUT2D eigenvalue weighted by atomic mass is 35.5. The van der Waals surface area contributed by atoms with Gasteiger partial charge in [0.25, 0.3) is 0 Å². The minimum atomic E-state index is -4.74. The van der Waals surface area contributed by atoms with Crippen LogP contribution < -0.4 is 4.74 Å². The van der Waals surface area contributed by atoms with Gasteiger partial charge in [0, 0.05) is 40.2 Å². The van der Waals surface area contributed by atoms with Crippen molar-refractivity contribution in [2.45, 2.75) is 63.5 Å². The number of ether oxygens (including phenoxy) is 1. The summed E-state index contributed by atoms with van der Waals surface area (Å²) in [6, 6.07) is 4.80. The summed E-state index contributed by atoms with van der Waals surface area (Å²) in [6.45, 7) is 0.390. The first-order valence-electron chi connectivity index (χ1n) is 14.8. The second-order valence-electron chi connectivity index (χ2n) is 12.6. The first kappa shape index (κ1) is 30.0. The third-order valence-corrected chi connectivity index (χ3v) is 10.3. The Balaban J connectivity index is 1.08. The Labute approximate surface area is 266 Å². The molecular weight excluding hydrogens is 630 g/mol. The van der Waals surface area contributed by atoms with Crippen LogP contribution >= 0.6 is 23.2 Å². The molecule has 0 unspecified atom stereocenters. The predicted octanol–water partition coefficient (Wildman–Crippen LogP) is 9.62. The van der Waals surface area contributed by atoms with E-state index in [1.807, 2.05) is 0 Å². The molecule has 4 fully saturated rings. The van der Waals surface area contributed by atoms with Gasteiger partial charge in [-0.25, -0.2) is 9.78 Å². The summed E-state index contributed by atoms with van der Waals surface area (Å²) < 4.78 is 53.3. The molecule has 8 rings (SSSR count). The van der Waals surface area contributed by atoms with Gasteiger partial charge >= 0.3 is 12.1 Å². The van der Waals surface area contributed by atoms with Gasteiger partial charge in [-0.15, -0.1) is 0 Å². The van der Waals surface area contributed by atoms with Gasteiger partial charge < -0.3 is 14.4 Å². The molecule has 0 saturated heterocycles. The van der Waals surface area contributed by atoms with Crippen LogP contribution in [-0.4, -0.2) is 32.8 Å². The highest BCUT2D eigenvalue weighted by molar-refractivity contribution is 6.39. The van der Waals surface area contributed by atoms with Gasteiger partial charge in [-0.2, -0.15) is 13.2 Å². The Morgan fingerprint density at radius 3 is 2.38 bits per heavy atom. The number of carbonyl (C=O) groups is 1. The lowest BCUT2D eigenvalue weighted by atomic mass is 9.54. The van der Waals surface area contributed by atoms with Crippen LogP contribution in [0.3, 0.4) is 0 Å². The fraction of sp³-hybridized carbons (Fsp3) is 0.394. The number of allylic oxidation sites excluding steroid dienone is 1. The fourth-order valence-corrected chi connectivity index (χ4v) is 7.37. The topological polar surface area (TPSA) is 98.3 Å². The zero-order chi connectivity index (χ0) is 31.6. The second kappa shape index (κ2) is 11.0. The van der Waals surface area contributed by atoms with E-state index in [-0.39, 0.29) is 21.7 Å². The molecule has 4 aliphatic carbocycles. The smallest absolute Gasteiger partial charge is 0.417 e. The van der Waals surface area contributed by atoms with Crippen molar-refractivity contribution in [2.24, 2.45) is 10.8 Å². The van der Waals surface area contributed by atoms with Crippen molar-refractivity contribution >= 4 is 46.2 Å². The molecule has 0 aliphatic heterocycles. The van der Waals surface area contributed by atoms with Gasteiger partial charge in [-0.05, 0) is 81.0 Å². The normalized spacial score (nSPS) is 23.2. The van der Waals surface area contributed by atoms with Crippen LogP contribution in [0, 0.1) is 10.8 Å². The zero-order valence-electron chi connectivity index (χ0n) is 24.0. The van der Waals surface area contributed by atoms with Crippen molar-refractivity contribution in [3.8, 4) is 17.0 Å². The molecule has 4 aromatic rings. The fourth-order valence-electron chi connectivity index (χ4n) is 6.82. The summed E-state index contributed by atoms with van der Waals surface area (Å²) in [5, 5.41) is 14.2. The summed E-state index contributed by atoms with van der Waals surface area (Å²) in [7, 11) is 0. The van der Waals surface area contributed by atoms with E-state index in [1.54, 1.807) is 18.5 Å². The summed E-state index contributed by atoms with van der Waals surface area (Å²) in [5.41, 5.74) is 0.339.